The molecule has 0 radical (unpaired) electrons. The number of aryl methyl sites for hydroxylation is 3. The normalized spacial score (nSPS) is 10.4. The van der Waals surface area contributed by atoms with E-state index in [1.54, 1.807) is 10.9 Å². The highest BCUT2D eigenvalue weighted by Gasteiger charge is 2.08. The molecule has 1 N–H and O–H groups in total. The molecule has 1 amide bonds. The van der Waals surface area contributed by atoms with E-state index in [1.165, 1.54) is 0 Å². The number of hydrogen-bond acceptors (Lipinski definition) is 3. The van der Waals surface area contributed by atoms with Crippen molar-refractivity contribution in [2.75, 3.05) is 5.32 Å². The molecule has 2 heterocycles. The summed E-state index contributed by atoms with van der Waals surface area (Å²) in [5.41, 5.74) is 2.83. The van der Waals surface area contributed by atoms with Crippen molar-refractivity contribution in [2.45, 2.75) is 27.3 Å². The summed E-state index contributed by atoms with van der Waals surface area (Å²) in [7, 11) is 0. The molecule has 0 unspecified atom stereocenters. The molecule has 0 aliphatic carbocycles. The maximum absolute atomic E-state index is 11.9. The minimum absolute atomic E-state index is 0.122. The second-order valence-corrected chi connectivity index (χ2v) is 4.30. The first-order valence-corrected chi connectivity index (χ1v) is 5.79. The third-order valence-corrected chi connectivity index (χ3v) is 2.66. The van der Waals surface area contributed by atoms with Gasteiger partial charge in [0.05, 0.1) is 5.69 Å². The van der Waals surface area contributed by atoms with Crippen molar-refractivity contribution in [3.8, 4) is 0 Å². The molecule has 0 aromatic carbocycles. The number of aromatic nitrogens is 3. The van der Waals surface area contributed by atoms with E-state index in [0.717, 1.165) is 17.0 Å². The van der Waals surface area contributed by atoms with Crippen LogP contribution in [0.3, 0.4) is 0 Å². The smallest absolute Gasteiger partial charge is 0.247 e. The Balaban J connectivity index is 2.06. The van der Waals surface area contributed by atoms with Crippen LogP contribution in [0.2, 0.25) is 0 Å². The van der Waals surface area contributed by atoms with Crippen molar-refractivity contribution < 1.29 is 4.79 Å². The van der Waals surface area contributed by atoms with Crippen LogP contribution < -0.4 is 5.32 Å². The van der Waals surface area contributed by atoms with Crippen molar-refractivity contribution in [2.24, 2.45) is 0 Å². The fourth-order valence-corrected chi connectivity index (χ4v) is 1.76. The van der Waals surface area contributed by atoms with Gasteiger partial charge in [0.15, 0.2) is 0 Å². The molecule has 5 nitrogen and oxygen atoms in total. The molecular formula is C13H16N4O. The second-order valence-electron chi connectivity index (χ2n) is 4.30. The first-order valence-electron chi connectivity index (χ1n) is 5.79. The maximum atomic E-state index is 11.9. The van der Waals surface area contributed by atoms with E-state index in [2.05, 4.69) is 15.4 Å². The van der Waals surface area contributed by atoms with Gasteiger partial charge in [-0.15, -0.1) is 0 Å². The summed E-state index contributed by atoms with van der Waals surface area (Å²) in [6.45, 7) is 5.95. The average Bonchev–Trinajstić information content (AvgIpc) is 2.61. The molecule has 0 bridgehead atoms. The Morgan fingerprint density at radius 2 is 2.17 bits per heavy atom. The predicted octanol–water partition coefficient (Wildman–Crippen LogP) is 1.84. The Labute approximate surface area is 106 Å². The highest BCUT2D eigenvalue weighted by Crippen LogP contribution is 2.09. The Hall–Kier alpha value is -2.17. The fourth-order valence-electron chi connectivity index (χ4n) is 1.76. The molecule has 5 heteroatoms. The van der Waals surface area contributed by atoms with E-state index in [1.807, 2.05) is 39.0 Å². The molecule has 0 aliphatic heterocycles. The van der Waals surface area contributed by atoms with Crippen LogP contribution in [0.4, 0.5) is 5.82 Å². The quantitative estimate of drug-likeness (QED) is 0.896. The van der Waals surface area contributed by atoms with Crippen LogP contribution in [0.1, 0.15) is 17.0 Å². The monoisotopic (exact) mass is 244 g/mol. The number of amides is 1. The van der Waals surface area contributed by atoms with Gasteiger partial charge in [0.25, 0.3) is 0 Å². The molecule has 2 aromatic heterocycles. The van der Waals surface area contributed by atoms with Crippen LogP contribution in [0.5, 0.6) is 0 Å². The molecule has 0 aliphatic rings. The van der Waals surface area contributed by atoms with Gasteiger partial charge in [0.1, 0.15) is 12.4 Å². The third kappa shape index (κ3) is 2.74. The van der Waals surface area contributed by atoms with E-state index in [0.29, 0.717) is 5.82 Å². The van der Waals surface area contributed by atoms with Gasteiger partial charge in [0.2, 0.25) is 5.91 Å². The summed E-state index contributed by atoms with van der Waals surface area (Å²) in [5.74, 6) is 0.479. The van der Waals surface area contributed by atoms with Gasteiger partial charge >= 0.3 is 0 Å². The van der Waals surface area contributed by atoms with Crippen molar-refractivity contribution in [1.29, 1.82) is 0 Å². The molecule has 18 heavy (non-hydrogen) atoms. The molecular weight excluding hydrogens is 228 g/mol. The minimum atomic E-state index is -0.122. The zero-order chi connectivity index (χ0) is 13.1. The largest absolute Gasteiger partial charge is 0.309 e. The molecule has 2 rings (SSSR count). The molecule has 94 valence electrons. The first kappa shape index (κ1) is 12.3. The summed E-state index contributed by atoms with van der Waals surface area (Å²) < 4.78 is 1.68. The maximum Gasteiger partial charge on any atom is 0.247 e. The number of pyridine rings is 1. The van der Waals surface area contributed by atoms with Crippen LogP contribution in [0, 0.1) is 20.8 Å². The number of hydrogen-bond donors (Lipinski definition) is 1. The zero-order valence-electron chi connectivity index (χ0n) is 10.8. The molecule has 0 saturated heterocycles. The van der Waals surface area contributed by atoms with Crippen molar-refractivity contribution in [3.05, 3.63) is 41.3 Å². The average molecular weight is 244 g/mol. The third-order valence-electron chi connectivity index (χ3n) is 2.66. The fraction of sp³-hybridized carbons (Fsp3) is 0.308. The predicted molar refractivity (Wildman–Crippen MR) is 69.3 cm³/mol. The lowest BCUT2D eigenvalue weighted by molar-refractivity contribution is -0.117. The van der Waals surface area contributed by atoms with Crippen molar-refractivity contribution >= 4 is 11.7 Å². The van der Waals surface area contributed by atoms with Crippen molar-refractivity contribution in [3.63, 3.8) is 0 Å². The number of nitrogens with one attached hydrogen (secondary N) is 1. The number of anilines is 1. The summed E-state index contributed by atoms with van der Waals surface area (Å²) in [4.78, 5) is 16.0. The highest BCUT2D eigenvalue weighted by atomic mass is 16.2. The lowest BCUT2D eigenvalue weighted by Crippen LogP contribution is -2.21. The number of carbonyl (C=O) groups excluding carboxylic acids is 1. The lowest BCUT2D eigenvalue weighted by Gasteiger charge is -2.07. The zero-order valence-corrected chi connectivity index (χ0v) is 10.8. The van der Waals surface area contributed by atoms with E-state index in [-0.39, 0.29) is 12.5 Å². The molecule has 0 fully saturated rings. The van der Waals surface area contributed by atoms with Gasteiger partial charge in [-0.2, -0.15) is 5.10 Å². The lowest BCUT2D eigenvalue weighted by atomic mass is 10.3. The summed E-state index contributed by atoms with van der Waals surface area (Å²) in [6.07, 6.45) is 1.66. The summed E-state index contributed by atoms with van der Waals surface area (Å²) in [5, 5.41) is 7.03. The van der Waals surface area contributed by atoms with Gasteiger partial charge in [0, 0.05) is 11.9 Å². The Morgan fingerprint density at radius 3 is 2.78 bits per heavy atom. The van der Waals surface area contributed by atoms with Crippen molar-refractivity contribution in [1.82, 2.24) is 14.8 Å². The van der Waals surface area contributed by atoms with Gasteiger partial charge < -0.3 is 5.32 Å². The van der Waals surface area contributed by atoms with E-state index < -0.39 is 0 Å². The van der Waals surface area contributed by atoms with E-state index >= 15 is 0 Å². The number of rotatable bonds is 3. The molecule has 0 spiro atoms. The second kappa shape index (κ2) is 5.00. The summed E-state index contributed by atoms with van der Waals surface area (Å²) in [6, 6.07) is 5.69. The van der Waals surface area contributed by atoms with Gasteiger partial charge in [-0.25, -0.2) is 4.98 Å². The van der Waals surface area contributed by atoms with Crippen LogP contribution >= 0.6 is 0 Å². The van der Waals surface area contributed by atoms with E-state index in [4.69, 9.17) is 0 Å². The standard InChI is InChI=1S/C13H16N4O/c1-9-5-4-6-14-13(9)15-12(18)8-17-11(3)7-10(2)16-17/h4-7H,8H2,1-3H3,(H,14,15,18). The first-order chi connectivity index (χ1) is 8.56. The van der Waals surface area contributed by atoms with Crippen LogP contribution in [-0.4, -0.2) is 20.7 Å². The van der Waals surface area contributed by atoms with Crippen LogP contribution in [0.25, 0.3) is 0 Å². The Kier molecular flexibility index (Phi) is 3.41. The van der Waals surface area contributed by atoms with Crippen LogP contribution in [0.15, 0.2) is 24.4 Å². The molecule has 2 aromatic rings. The van der Waals surface area contributed by atoms with Crippen LogP contribution in [-0.2, 0) is 11.3 Å². The summed E-state index contributed by atoms with van der Waals surface area (Å²) >= 11 is 0. The van der Waals surface area contributed by atoms with E-state index in [9.17, 15) is 4.79 Å². The minimum Gasteiger partial charge on any atom is -0.309 e. The number of nitrogens with zero attached hydrogens (tertiary/aromatic N) is 3. The Morgan fingerprint density at radius 1 is 1.39 bits per heavy atom. The molecule has 0 saturated carbocycles. The van der Waals surface area contributed by atoms with Gasteiger partial charge in [-0.3, -0.25) is 9.48 Å². The topological polar surface area (TPSA) is 59.8 Å². The SMILES string of the molecule is Cc1cc(C)n(CC(=O)Nc2ncccc2C)n1. The van der Waals surface area contributed by atoms with Gasteiger partial charge in [-0.1, -0.05) is 6.07 Å². The highest BCUT2D eigenvalue weighted by molar-refractivity contribution is 5.90. The number of carbonyl (C=O) groups is 1. The molecule has 0 atom stereocenters. The Bertz CT molecular complexity index is 574. The van der Waals surface area contributed by atoms with Gasteiger partial charge in [-0.05, 0) is 38.5 Å².